The van der Waals surface area contributed by atoms with Crippen molar-refractivity contribution in [2.24, 2.45) is 5.92 Å². The number of carboxylic acid groups (broad SMARTS) is 1. The topological polar surface area (TPSA) is 37.3 Å². The number of hydrogen-bond donors (Lipinski definition) is 1. The van der Waals surface area contributed by atoms with Gasteiger partial charge in [0.2, 0.25) is 0 Å². The molecular weight excluding hydrogens is 224 g/mol. The second kappa shape index (κ2) is 5.90. The van der Waals surface area contributed by atoms with Crippen molar-refractivity contribution in [3.05, 3.63) is 34.9 Å². The zero-order valence-corrected chi connectivity index (χ0v) is 10.4. The third-order valence-corrected chi connectivity index (χ3v) is 3.26. The fraction of sp³-hybridized carbons (Fsp3) is 0.462. The van der Waals surface area contributed by atoms with E-state index in [2.05, 4.69) is 13.8 Å². The molecule has 0 bridgehead atoms. The fourth-order valence-electron chi connectivity index (χ4n) is 1.69. The summed E-state index contributed by atoms with van der Waals surface area (Å²) in [6.45, 7) is 4.13. The molecule has 1 aromatic carbocycles. The Balaban J connectivity index is 2.94. The molecule has 1 N–H and O–H groups in total. The highest BCUT2D eigenvalue weighted by Gasteiger charge is 2.23. The van der Waals surface area contributed by atoms with E-state index in [1.807, 2.05) is 12.1 Å². The number of hydrogen-bond acceptors (Lipinski definition) is 1. The summed E-state index contributed by atoms with van der Waals surface area (Å²) in [6, 6.07) is 7.18. The maximum absolute atomic E-state index is 11.2. The smallest absolute Gasteiger partial charge is 0.311 e. The van der Waals surface area contributed by atoms with Gasteiger partial charge in [0, 0.05) is 5.02 Å². The molecule has 3 heteroatoms. The lowest BCUT2D eigenvalue weighted by atomic mass is 9.88. The normalized spacial score (nSPS) is 14.4. The van der Waals surface area contributed by atoms with Gasteiger partial charge in [0.15, 0.2) is 0 Å². The van der Waals surface area contributed by atoms with E-state index in [9.17, 15) is 9.90 Å². The van der Waals surface area contributed by atoms with Crippen LogP contribution in [-0.2, 0) is 4.79 Å². The molecule has 0 aliphatic heterocycles. The zero-order chi connectivity index (χ0) is 12.1. The number of carboxylic acids is 1. The Kier molecular flexibility index (Phi) is 4.81. The predicted octanol–water partition coefficient (Wildman–Crippen LogP) is 3.94. The summed E-state index contributed by atoms with van der Waals surface area (Å²) in [7, 11) is 0. The van der Waals surface area contributed by atoms with E-state index in [1.54, 1.807) is 12.1 Å². The number of benzene rings is 1. The van der Waals surface area contributed by atoms with Crippen LogP contribution in [0.2, 0.25) is 5.02 Å². The average molecular weight is 241 g/mol. The van der Waals surface area contributed by atoms with Gasteiger partial charge in [-0.25, -0.2) is 0 Å². The SMILES string of the molecule is CCC(C)CC(C(=O)O)c1ccccc1Cl. The van der Waals surface area contributed by atoms with Gasteiger partial charge in [-0.1, -0.05) is 50.1 Å². The third kappa shape index (κ3) is 3.24. The minimum Gasteiger partial charge on any atom is -0.481 e. The van der Waals surface area contributed by atoms with Gasteiger partial charge in [0.25, 0.3) is 0 Å². The Hall–Kier alpha value is -1.02. The van der Waals surface area contributed by atoms with E-state index in [0.29, 0.717) is 17.4 Å². The molecule has 0 saturated heterocycles. The summed E-state index contributed by atoms with van der Waals surface area (Å²) in [5.74, 6) is -0.908. The van der Waals surface area contributed by atoms with Crippen LogP contribution in [0, 0.1) is 5.92 Å². The monoisotopic (exact) mass is 240 g/mol. The molecule has 0 aromatic heterocycles. The number of carbonyl (C=O) groups is 1. The van der Waals surface area contributed by atoms with Gasteiger partial charge in [-0.2, -0.15) is 0 Å². The first-order chi connectivity index (χ1) is 7.56. The Labute approximate surface area is 101 Å². The van der Waals surface area contributed by atoms with E-state index >= 15 is 0 Å². The van der Waals surface area contributed by atoms with Gasteiger partial charge < -0.3 is 5.11 Å². The first-order valence-corrected chi connectivity index (χ1v) is 5.91. The summed E-state index contributed by atoms with van der Waals surface area (Å²) in [6.07, 6.45) is 1.61. The van der Waals surface area contributed by atoms with Gasteiger partial charge in [0.05, 0.1) is 5.92 Å². The van der Waals surface area contributed by atoms with Crippen LogP contribution in [0.5, 0.6) is 0 Å². The molecule has 16 heavy (non-hydrogen) atoms. The highest BCUT2D eigenvalue weighted by Crippen LogP contribution is 2.30. The molecule has 0 heterocycles. The molecule has 1 aromatic rings. The molecule has 2 unspecified atom stereocenters. The molecule has 0 fully saturated rings. The predicted molar refractivity (Wildman–Crippen MR) is 65.9 cm³/mol. The number of aliphatic carboxylic acids is 1. The van der Waals surface area contributed by atoms with Crippen molar-refractivity contribution < 1.29 is 9.90 Å². The lowest BCUT2D eigenvalue weighted by molar-refractivity contribution is -0.139. The second-order valence-corrected chi connectivity index (χ2v) is 4.57. The van der Waals surface area contributed by atoms with Gasteiger partial charge in [0.1, 0.15) is 0 Å². The van der Waals surface area contributed by atoms with Gasteiger partial charge in [-0.3, -0.25) is 4.79 Å². The maximum Gasteiger partial charge on any atom is 0.311 e. The van der Waals surface area contributed by atoms with Crippen LogP contribution >= 0.6 is 11.6 Å². The molecule has 0 saturated carbocycles. The first-order valence-electron chi connectivity index (χ1n) is 5.53. The molecule has 0 spiro atoms. The fourth-order valence-corrected chi connectivity index (χ4v) is 1.95. The zero-order valence-electron chi connectivity index (χ0n) is 9.61. The van der Waals surface area contributed by atoms with E-state index in [0.717, 1.165) is 12.0 Å². The van der Waals surface area contributed by atoms with Crippen LogP contribution in [-0.4, -0.2) is 11.1 Å². The first kappa shape index (κ1) is 13.0. The van der Waals surface area contributed by atoms with Crippen molar-refractivity contribution in [3.63, 3.8) is 0 Å². The van der Waals surface area contributed by atoms with Crippen LogP contribution in [0.3, 0.4) is 0 Å². The van der Waals surface area contributed by atoms with Crippen molar-refractivity contribution in [1.29, 1.82) is 0 Å². The summed E-state index contributed by atoms with van der Waals surface area (Å²) >= 11 is 6.03. The number of halogens is 1. The lowest BCUT2D eigenvalue weighted by Gasteiger charge is -2.17. The van der Waals surface area contributed by atoms with E-state index in [1.165, 1.54) is 0 Å². The Morgan fingerprint density at radius 2 is 2.06 bits per heavy atom. The highest BCUT2D eigenvalue weighted by atomic mass is 35.5. The second-order valence-electron chi connectivity index (χ2n) is 4.16. The minimum absolute atomic E-state index is 0.386. The summed E-state index contributed by atoms with van der Waals surface area (Å²) in [5.41, 5.74) is 0.719. The van der Waals surface area contributed by atoms with Crippen molar-refractivity contribution in [1.82, 2.24) is 0 Å². The average Bonchev–Trinajstić information content (AvgIpc) is 2.26. The van der Waals surface area contributed by atoms with Crippen molar-refractivity contribution >= 4 is 17.6 Å². The lowest BCUT2D eigenvalue weighted by Crippen LogP contribution is -2.15. The van der Waals surface area contributed by atoms with Crippen LogP contribution in [0.25, 0.3) is 0 Å². The van der Waals surface area contributed by atoms with Crippen LogP contribution in [0.1, 0.15) is 38.2 Å². The van der Waals surface area contributed by atoms with Crippen molar-refractivity contribution in [3.8, 4) is 0 Å². The molecule has 0 amide bonds. The third-order valence-electron chi connectivity index (χ3n) is 2.91. The summed E-state index contributed by atoms with van der Waals surface area (Å²) in [5, 5.41) is 9.78. The summed E-state index contributed by atoms with van der Waals surface area (Å²) in [4.78, 5) is 11.2. The van der Waals surface area contributed by atoms with Crippen molar-refractivity contribution in [2.45, 2.75) is 32.6 Å². The minimum atomic E-state index is -0.798. The highest BCUT2D eigenvalue weighted by molar-refractivity contribution is 6.31. The Bertz CT molecular complexity index is 363. The summed E-state index contributed by atoms with van der Waals surface area (Å²) < 4.78 is 0. The molecule has 88 valence electrons. The molecule has 2 nitrogen and oxygen atoms in total. The van der Waals surface area contributed by atoms with Crippen LogP contribution in [0.15, 0.2) is 24.3 Å². The van der Waals surface area contributed by atoms with Crippen molar-refractivity contribution in [2.75, 3.05) is 0 Å². The quantitative estimate of drug-likeness (QED) is 0.846. The van der Waals surface area contributed by atoms with Crippen LogP contribution < -0.4 is 0 Å². The Morgan fingerprint density at radius 1 is 1.44 bits per heavy atom. The maximum atomic E-state index is 11.2. The molecule has 0 radical (unpaired) electrons. The number of rotatable bonds is 5. The van der Waals surface area contributed by atoms with E-state index in [4.69, 9.17) is 11.6 Å². The molecule has 2 atom stereocenters. The van der Waals surface area contributed by atoms with Gasteiger partial charge >= 0.3 is 5.97 Å². The van der Waals surface area contributed by atoms with E-state index < -0.39 is 11.9 Å². The Morgan fingerprint density at radius 3 is 2.56 bits per heavy atom. The van der Waals surface area contributed by atoms with Crippen LogP contribution in [0.4, 0.5) is 0 Å². The van der Waals surface area contributed by atoms with Gasteiger partial charge in [-0.15, -0.1) is 0 Å². The molecule has 1 rings (SSSR count). The molecule has 0 aliphatic carbocycles. The molecule has 0 aliphatic rings. The standard InChI is InChI=1S/C13H17ClO2/c1-3-9(2)8-11(13(15)16)10-6-4-5-7-12(10)14/h4-7,9,11H,3,8H2,1-2H3,(H,15,16). The van der Waals surface area contributed by atoms with E-state index in [-0.39, 0.29) is 0 Å². The largest absolute Gasteiger partial charge is 0.481 e. The molecular formula is C13H17ClO2. The van der Waals surface area contributed by atoms with Gasteiger partial charge in [-0.05, 0) is 24.0 Å².